The number of carbonyl (C=O) groups excluding carboxylic acids is 3. The van der Waals surface area contributed by atoms with Crippen LogP contribution in [0.1, 0.15) is 265 Å². The summed E-state index contributed by atoms with van der Waals surface area (Å²) < 4.78 is 16.8. The smallest absolute Gasteiger partial charge is 0.306 e. The summed E-state index contributed by atoms with van der Waals surface area (Å²) in [5.74, 6) is -1.04. The molecule has 0 aromatic heterocycles. The number of rotatable bonds is 56. The van der Waals surface area contributed by atoms with Crippen molar-refractivity contribution in [3.63, 3.8) is 0 Å². The largest absolute Gasteiger partial charge is 0.462 e. The lowest BCUT2D eigenvalue weighted by molar-refractivity contribution is -0.166. The van der Waals surface area contributed by atoms with Crippen LogP contribution in [-0.4, -0.2) is 37.2 Å². The Kier molecular flexibility index (Phi) is 61.4. The number of esters is 3. The van der Waals surface area contributed by atoms with Crippen molar-refractivity contribution in [3.8, 4) is 0 Å². The Morgan fingerprint density at radius 3 is 0.772 bits per heavy atom. The molecule has 0 aliphatic rings. The van der Waals surface area contributed by atoms with Crippen molar-refractivity contribution in [2.45, 2.75) is 271 Å². The number of ether oxygens (including phenoxy) is 3. The molecule has 0 aromatic rings. The van der Waals surface area contributed by atoms with Gasteiger partial charge in [-0.2, -0.15) is 0 Å². The van der Waals surface area contributed by atoms with Gasteiger partial charge in [-0.3, -0.25) is 14.4 Å². The van der Waals surface area contributed by atoms with Crippen LogP contribution in [0, 0.1) is 0 Å². The van der Waals surface area contributed by atoms with E-state index in [0.29, 0.717) is 19.3 Å². The van der Waals surface area contributed by atoms with Gasteiger partial charge in [0.15, 0.2) is 6.10 Å². The van der Waals surface area contributed by atoms with Crippen molar-refractivity contribution in [2.75, 3.05) is 13.2 Å². The van der Waals surface area contributed by atoms with Crippen LogP contribution in [0.25, 0.3) is 0 Å². The summed E-state index contributed by atoms with van der Waals surface area (Å²) in [6.07, 6.45) is 95.8. The number of hydrogen-bond donors (Lipinski definition) is 0. The Balaban J connectivity index is 4.18. The molecular weight excluding hydrogens is 973 g/mol. The molecule has 0 amide bonds. The third-order valence-electron chi connectivity index (χ3n) is 13.0. The summed E-state index contributed by atoms with van der Waals surface area (Å²) in [7, 11) is 0. The lowest BCUT2D eigenvalue weighted by atomic mass is 10.0. The van der Waals surface area contributed by atoms with Gasteiger partial charge < -0.3 is 14.2 Å². The molecule has 0 aliphatic heterocycles. The zero-order valence-corrected chi connectivity index (χ0v) is 50.8. The summed E-state index contributed by atoms with van der Waals surface area (Å²) >= 11 is 0. The van der Waals surface area contributed by atoms with Crippen molar-refractivity contribution in [1.82, 2.24) is 0 Å². The van der Waals surface area contributed by atoms with E-state index < -0.39 is 12.1 Å². The van der Waals surface area contributed by atoms with Gasteiger partial charge >= 0.3 is 17.9 Å². The molecular formula is C73H116O6. The summed E-state index contributed by atoms with van der Waals surface area (Å²) in [5, 5.41) is 0. The van der Waals surface area contributed by atoms with Crippen LogP contribution in [0.4, 0.5) is 0 Å². The lowest BCUT2D eigenvalue weighted by Gasteiger charge is -2.18. The Hall–Kier alpha value is -4.97. The first-order chi connectivity index (χ1) is 39.0. The number of allylic oxidation sites excluding steroid dienone is 26. The molecule has 79 heavy (non-hydrogen) atoms. The molecule has 6 heteroatoms. The number of hydrogen-bond acceptors (Lipinski definition) is 6. The van der Waals surface area contributed by atoms with Gasteiger partial charge in [0.25, 0.3) is 0 Å². The van der Waals surface area contributed by atoms with E-state index in [2.05, 4.69) is 167 Å². The highest BCUT2D eigenvalue weighted by Crippen LogP contribution is 2.16. The van der Waals surface area contributed by atoms with Crippen LogP contribution in [0.2, 0.25) is 0 Å². The fourth-order valence-corrected chi connectivity index (χ4v) is 8.36. The highest BCUT2D eigenvalue weighted by Gasteiger charge is 2.19. The fourth-order valence-electron chi connectivity index (χ4n) is 8.36. The molecule has 6 nitrogen and oxygen atoms in total. The van der Waals surface area contributed by atoms with E-state index in [1.807, 2.05) is 12.2 Å². The molecule has 1 atom stereocenters. The monoisotopic (exact) mass is 1090 g/mol. The molecule has 0 N–H and O–H groups in total. The Labute approximate surface area is 486 Å². The van der Waals surface area contributed by atoms with E-state index in [0.717, 1.165) is 128 Å². The minimum Gasteiger partial charge on any atom is -0.462 e. The molecule has 0 rings (SSSR count). The third-order valence-corrected chi connectivity index (χ3v) is 13.0. The quantitative estimate of drug-likeness (QED) is 0.0261. The van der Waals surface area contributed by atoms with Gasteiger partial charge in [0.2, 0.25) is 0 Å². The Morgan fingerprint density at radius 2 is 0.481 bits per heavy atom. The molecule has 0 heterocycles. The zero-order valence-electron chi connectivity index (χ0n) is 50.8. The Bertz CT molecular complexity index is 1780. The number of carbonyl (C=O) groups is 3. The van der Waals surface area contributed by atoms with Gasteiger partial charge in [0.05, 0.1) is 0 Å². The van der Waals surface area contributed by atoms with E-state index in [1.165, 1.54) is 89.9 Å². The second-order valence-electron chi connectivity index (χ2n) is 20.5. The second kappa shape index (κ2) is 65.5. The summed E-state index contributed by atoms with van der Waals surface area (Å²) in [6.45, 7) is 6.20. The third kappa shape index (κ3) is 63.7. The molecule has 1 unspecified atom stereocenters. The number of unbranched alkanes of at least 4 members (excludes halogenated alkanes) is 19. The van der Waals surface area contributed by atoms with E-state index in [9.17, 15) is 14.4 Å². The van der Waals surface area contributed by atoms with Crippen LogP contribution in [0.5, 0.6) is 0 Å². The first-order valence-electron chi connectivity index (χ1n) is 32.0. The van der Waals surface area contributed by atoms with E-state index in [-0.39, 0.29) is 31.6 Å². The van der Waals surface area contributed by atoms with Gasteiger partial charge in [-0.1, -0.05) is 275 Å². The fraction of sp³-hybridized carbons (Fsp3) is 0.603. The van der Waals surface area contributed by atoms with Gasteiger partial charge in [0, 0.05) is 19.3 Å². The molecule has 0 aliphatic carbocycles. The van der Waals surface area contributed by atoms with E-state index >= 15 is 0 Å². The molecule has 0 spiro atoms. The van der Waals surface area contributed by atoms with E-state index in [1.54, 1.807) is 0 Å². The molecule has 444 valence electrons. The van der Waals surface area contributed by atoms with Gasteiger partial charge in [-0.15, -0.1) is 0 Å². The maximum atomic E-state index is 12.8. The maximum Gasteiger partial charge on any atom is 0.306 e. The Morgan fingerprint density at radius 1 is 0.253 bits per heavy atom. The van der Waals surface area contributed by atoms with Crippen LogP contribution in [0.3, 0.4) is 0 Å². The van der Waals surface area contributed by atoms with Gasteiger partial charge in [0.1, 0.15) is 13.2 Å². The van der Waals surface area contributed by atoms with Crippen molar-refractivity contribution in [1.29, 1.82) is 0 Å². The second-order valence-corrected chi connectivity index (χ2v) is 20.5. The summed E-state index contributed by atoms with van der Waals surface area (Å²) in [4.78, 5) is 38.1. The molecule has 0 bridgehead atoms. The average molecular weight is 1090 g/mol. The lowest BCUT2D eigenvalue weighted by Crippen LogP contribution is -2.30. The zero-order chi connectivity index (χ0) is 57.1. The van der Waals surface area contributed by atoms with E-state index in [4.69, 9.17) is 14.2 Å². The predicted octanol–water partition coefficient (Wildman–Crippen LogP) is 22.1. The summed E-state index contributed by atoms with van der Waals surface area (Å²) in [5.41, 5.74) is 0. The minimum atomic E-state index is -0.833. The van der Waals surface area contributed by atoms with Crippen molar-refractivity contribution in [3.05, 3.63) is 158 Å². The molecule has 0 saturated heterocycles. The average Bonchev–Trinajstić information content (AvgIpc) is 3.45. The molecule has 0 saturated carbocycles. The van der Waals surface area contributed by atoms with Crippen molar-refractivity contribution < 1.29 is 28.6 Å². The topological polar surface area (TPSA) is 78.9 Å². The highest BCUT2D eigenvalue weighted by molar-refractivity contribution is 5.71. The van der Waals surface area contributed by atoms with Gasteiger partial charge in [-0.25, -0.2) is 0 Å². The standard InChI is InChI=1S/C73H116O6/c1-4-7-10-13-16-19-22-25-26-27-28-29-30-31-32-33-34-35-36-37-38-39-40-41-42-43-44-45-46-49-51-54-57-60-63-66-72(75)78-69-70(79-73(76)67-64-61-58-55-52-48-24-21-18-15-12-9-6-3)68-77-71(74)65-62-59-56-53-50-47-23-20-17-14-11-8-5-2/h7-12,16-21,25-26,28-29,31-32,34-35,47-48,50,52,58,61,70H,4-6,13-15,22-24,27,30,33,36-46,49,51,53-57,59-60,62-69H2,1-3H3/b10-7-,11-8-,12-9-,19-16-,20-17-,21-18-,26-25-,29-28-,32-31-,35-34-,50-47-,52-48-,61-58-. The van der Waals surface area contributed by atoms with Crippen LogP contribution >= 0.6 is 0 Å². The molecule has 0 radical (unpaired) electrons. The first-order valence-corrected chi connectivity index (χ1v) is 32.0. The minimum absolute atomic E-state index is 0.120. The molecule has 0 aromatic carbocycles. The highest BCUT2D eigenvalue weighted by atomic mass is 16.6. The van der Waals surface area contributed by atoms with Crippen molar-refractivity contribution in [2.24, 2.45) is 0 Å². The normalized spacial score (nSPS) is 13.2. The van der Waals surface area contributed by atoms with Crippen LogP contribution < -0.4 is 0 Å². The summed E-state index contributed by atoms with van der Waals surface area (Å²) in [6, 6.07) is 0. The van der Waals surface area contributed by atoms with Crippen LogP contribution in [0.15, 0.2) is 158 Å². The predicted molar refractivity (Wildman–Crippen MR) is 343 cm³/mol. The van der Waals surface area contributed by atoms with Gasteiger partial charge in [-0.05, 0) is 128 Å². The van der Waals surface area contributed by atoms with Crippen molar-refractivity contribution >= 4 is 17.9 Å². The van der Waals surface area contributed by atoms with Crippen LogP contribution in [-0.2, 0) is 28.6 Å². The SMILES string of the molecule is CC/C=C\C/C=C\C/C=C\C/C=C\C/C=C\C/C=C\CCCCCCCCCCCCCCCCCCC(=O)OCC(COC(=O)CCCCC/C=C\C/C=C\C/C=C\CC)OC(=O)CC/C=C\C/C=C\C/C=C\C/C=C\CC. The first kappa shape index (κ1) is 74.0. The maximum absolute atomic E-state index is 12.8. The molecule has 0 fully saturated rings.